The fraction of sp³-hybridized carbons (Fsp3) is 0.714. The van der Waals surface area contributed by atoms with E-state index in [4.69, 9.17) is 0 Å². The van der Waals surface area contributed by atoms with Crippen molar-refractivity contribution in [3.05, 3.63) is 12.2 Å². The Kier molecular flexibility index (Phi) is 4.22. The van der Waals surface area contributed by atoms with Crippen molar-refractivity contribution in [1.29, 1.82) is 0 Å². The minimum Gasteiger partial charge on any atom is -0.262 e. The summed E-state index contributed by atoms with van der Waals surface area (Å²) in [6.45, 7) is 0.0338. The second kappa shape index (κ2) is 5.10. The summed E-state index contributed by atoms with van der Waals surface area (Å²) in [5, 5.41) is 6.12. The van der Waals surface area contributed by atoms with Gasteiger partial charge in [0.15, 0.2) is 0 Å². The highest BCUT2D eigenvalue weighted by molar-refractivity contribution is 7.93. The van der Waals surface area contributed by atoms with Crippen molar-refractivity contribution in [2.24, 2.45) is 0 Å². The first-order valence-corrected chi connectivity index (χ1v) is 8.34. The number of sulfonamides is 1. The number of sulfone groups is 1. The van der Waals surface area contributed by atoms with Crippen molar-refractivity contribution in [3.63, 3.8) is 0 Å². The van der Waals surface area contributed by atoms with Crippen LogP contribution in [0.2, 0.25) is 0 Å². The van der Waals surface area contributed by atoms with Crippen LogP contribution in [0.4, 0.5) is 0 Å². The molecule has 0 atom stereocenters. The van der Waals surface area contributed by atoms with Crippen molar-refractivity contribution >= 4 is 19.9 Å². The molecule has 0 aliphatic carbocycles. The lowest BCUT2D eigenvalue weighted by atomic mass is 10.6. The Labute approximate surface area is 100 Å². The van der Waals surface area contributed by atoms with E-state index in [1.54, 1.807) is 0 Å². The van der Waals surface area contributed by atoms with Crippen LogP contribution in [0.5, 0.6) is 0 Å². The first-order chi connectivity index (χ1) is 7.71. The second-order valence-corrected chi connectivity index (χ2v) is 8.09. The Morgan fingerprint density at radius 3 is 2.41 bits per heavy atom. The van der Waals surface area contributed by atoms with Gasteiger partial charge in [-0.1, -0.05) is 0 Å². The lowest BCUT2D eigenvalue weighted by Crippen LogP contribution is -2.31. The van der Waals surface area contributed by atoms with E-state index in [0.29, 0.717) is 5.82 Å². The Morgan fingerprint density at radius 2 is 1.94 bits per heavy atom. The molecule has 1 N–H and O–H groups in total. The molecule has 1 aromatic heterocycles. The Morgan fingerprint density at radius 1 is 1.29 bits per heavy atom. The van der Waals surface area contributed by atoms with E-state index in [-0.39, 0.29) is 6.54 Å². The predicted octanol–water partition coefficient (Wildman–Crippen LogP) is -1.39. The van der Waals surface area contributed by atoms with E-state index in [1.165, 1.54) is 13.4 Å². The van der Waals surface area contributed by atoms with Gasteiger partial charge in [0.25, 0.3) is 0 Å². The number of nitrogens with one attached hydrogen (secondary N) is 1. The van der Waals surface area contributed by atoms with Crippen molar-refractivity contribution in [2.45, 2.75) is 6.54 Å². The maximum absolute atomic E-state index is 11.7. The average molecular weight is 282 g/mol. The molecule has 0 radical (unpaired) electrons. The molecule has 1 rings (SSSR count). The molecule has 0 aliphatic rings. The van der Waals surface area contributed by atoms with E-state index in [9.17, 15) is 16.8 Å². The molecule has 8 nitrogen and oxygen atoms in total. The van der Waals surface area contributed by atoms with Crippen molar-refractivity contribution in [3.8, 4) is 0 Å². The molecule has 17 heavy (non-hydrogen) atoms. The Bertz CT molecular complexity index is 549. The molecule has 0 amide bonds. The highest BCUT2D eigenvalue weighted by atomic mass is 32.2. The number of rotatable bonds is 6. The number of aromatic nitrogens is 3. The monoisotopic (exact) mass is 282 g/mol. The summed E-state index contributed by atoms with van der Waals surface area (Å²) in [5.74, 6) is -0.428. The van der Waals surface area contributed by atoms with Gasteiger partial charge in [-0.05, 0) is 0 Å². The van der Waals surface area contributed by atoms with Gasteiger partial charge >= 0.3 is 0 Å². The van der Waals surface area contributed by atoms with Crippen LogP contribution < -0.4 is 0 Å². The molecule has 1 heterocycles. The zero-order chi connectivity index (χ0) is 13.1. The van der Waals surface area contributed by atoms with Gasteiger partial charge in [0.2, 0.25) is 10.0 Å². The van der Waals surface area contributed by atoms with Crippen LogP contribution in [0.25, 0.3) is 0 Å². The van der Waals surface area contributed by atoms with Gasteiger partial charge in [0.05, 0.1) is 18.1 Å². The first kappa shape index (κ1) is 14.1. The van der Waals surface area contributed by atoms with Crippen LogP contribution in [0.1, 0.15) is 5.82 Å². The number of H-pyrrole nitrogens is 1. The van der Waals surface area contributed by atoms with Crippen molar-refractivity contribution in [1.82, 2.24) is 19.5 Å². The van der Waals surface area contributed by atoms with Crippen LogP contribution in [0.15, 0.2) is 6.33 Å². The lowest BCUT2D eigenvalue weighted by molar-refractivity contribution is 0.458. The van der Waals surface area contributed by atoms with E-state index >= 15 is 0 Å². The maximum Gasteiger partial charge on any atom is 0.215 e. The predicted molar refractivity (Wildman–Crippen MR) is 61.3 cm³/mol. The highest BCUT2D eigenvalue weighted by Gasteiger charge is 2.21. The number of nitrogens with zero attached hydrogens (tertiary/aromatic N) is 3. The standard InChI is InChI=1S/C7H14N4O4S2/c1-11(5-7-8-6-9-10-7)17(14,15)4-3-16(2,12)13/h6H,3-5H2,1-2H3,(H,8,9,10). The normalized spacial score (nSPS) is 13.1. The number of aromatic amines is 1. The summed E-state index contributed by atoms with van der Waals surface area (Å²) in [5.41, 5.74) is 0. The number of hydrogen-bond donors (Lipinski definition) is 1. The largest absolute Gasteiger partial charge is 0.262 e. The fourth-order valence-corrected chi connectivity index (χ4v) is 3.71. The van der Waals surface area contributed by atoms with E-state index in [2.05, 4.69) is 15.2 Å². The van der Waals surface area contributed by atoms with Crippen LogP contribution >= 0.6 is 0 Å². The smallest absolute Gasteiger partial charge is 0.215 e. The molecule has 1 aromatic rings. The van der Waals surface area contributed by atoms with Gasteiger partial charge in [0, 0.05) is 13.3 Å². The summed E-state index contributed by atoms with van der Waals surface area (Å²) in [7, 11) is -5.54. The molecule has 0 aliphatic heterocycles. The summed E-state index contributed by atoms with van der Waals surface area (Å²) in [4.78, 5) is 3.79. The summed E-state index contributed by atoms with van der Waals surface area (Å²) < 4.78 is 46.3. The molecule has 0 bridgehead atoms. The first-order valence-electron chi connectivity index (χ1n) is 4.67. The Hall–Kier alpha value is -1.00. The zero-order valence-electron chi connectivity index (χ0n) is 9.49. The molecule has 0 aromatic carbocycles. The van der Waals surface area contributed by atoms with Gasteiger partial charge in [-0.3, -0.25) is 5.10 Å². The Balaban J connectivity index is 2.64. The highest BCUT2D eigenvalue weighted by Crippen LogP contribution is 2.03. The van der Waals surface area contributed by atoms with Gasteiger partial charge in [-0.25, -0.2) is 21.8 Å². The molecule has 0 fully saturated rings. The summed E-state index contributed by atoms with van der Waals surface area (Å²) >= 11 is 0. The van der Waals surface area contributed by atoms with Crippen LogP contribution in [0.3, 0.4) is 0 Å². The third kappa shape index (κ3) is 4.79. The van der Waals surface area contributed by atoms with E-state index in [0.717, 1.165) is 10.6 Å². The molecular formula is C7H14N4O4S2. The molecule has 0 unspecified atom stereocenters. The lowest BCUT2D eigenvalue weighted by Gasteiger charge is -2.15. The fourth-order valence-electron chi connectivity index (χ4n) is 1.03. The van der Waals surface area contributed by atoms with E-state index in [1.807, 2.05) is 0 Å². The van der Waals surface area contributed by atoms with Crippen LogP contribution in [0, 0.1) is 0 Å². The van der Waals surface area contributed by atoms with Gasteiger partial charge in [0.1, 0.15) is 22.0 Å². The van der Waals surface area contributed by atoms with Crippen molar-refractivity contribution in [2.75, 3.05) is 24.8 Å². The minimum atomic E-state index is -3.60. The topological polar surface area (TPSA) is 113 Å². The zero-order valence-corrected chi connectivity index (χ0v) is 11.1. The average Bonchev–Trinajstić information content (AvgIpc) is 2.66. The summed E-state index contributed by atoms with van der Waals surface area (Å²) in [6, 6.07) is 0. The van der Waals surface area contributed by atoms with Crippen LogP contribution in [-0.2, 0) is 26.4 Å². The number of hydrogen-bond acceptors (Lipinski definition) is 6. The SMILES string of the molecule is CN(Cc1ncn[nH]1)S(=O)(=O)CCS(C)(=O)=O. The summed E-state index contributed by atoms with van der Waals surface area (Å²) in [6.07, 6.45) is 2.27. The molecule has 0 spiro atoms. The van der Waals surface area contributed by atoms with Crippen molar-refractivity contribution < 1.29 is 16.8 Å². The van der Waals surface area contributed by atoms with Gasteiger partial charge < -0.3 is 0 Å². The second-order valence-electron chi connectivity index (χ2n) is 3.63. The van der Waals surface area contributed by atoms with Gasteiger partial charge in [-0.2, -0.15) is 9.40 Å². The van der Waals surface area contributed by atoms with Gasteiger partial charge in [-0.15, -0.1) is 0 Å². The molecule has 0 saturated heterocycles. The minimum absolute atomic E-state index is 0.0338. The van der Waals surface area contributed by atoms with E-state index < -0.39 is 31.4 Å². The molecule has 0 saturated carbocycles. The third-order valence-corrected chi connectivity index (χ3v) is 5.03. The molecule has 10 heteroatoms. The maximum atomic E-state index is 11.7. The molecule has 98 valence electrons. The molecular weight excluding hydrogens is 268 g/mol. The van der Waals surface area contributed by atoms with Crippen LogP contribution in [-0.4, -0.2) is 61.1 Å². The quantitative estimate of drug-likeness (QED) is 0.687. The third-order valence-electron chi connectivity index (χ3n) is 2.02.